The molecule has 4 bridgehead atoms. The lowest BCUT2D eigenvalue weighted by Gasteiger charge is -2.32. The SMILES string of the molecule is CN1C(=O)[C@H](CCCN)NC(=O)[C@@H](N)Cc2cc(ccc2O)-c2ccc(O)c(c2)CC1C(=O)CNCC(C)(C)CN. The molecule has 10 N–H and O–H groups in total. The zero-order chi connectivity index (χ0) is 30.3. The van der Waals surface area contributed by atoms with Crippen LogP contribution in [0.5, 0.6) is 11.5 Å². The summed E-state index contributed by atoms with van der Waals surface area (Å²) in [6.45, 7) is 5.19. The first-order chi connectivity index (χ1) is 19.4. The summed E-state index contributed by atoms with van der Waals surface area (Å²) in [6, 6.07) is 7.09. The molecule has 11 heteroatoms. The van der Waals surface area contributed by atoms with E-state index in [1.807, 2.05) is 13.8 Å². The minimum Gasteiger partial charge on any atom is -0.508 e. The second-order valence-corrected chi connectivity index (χ2v) is 11.6. The number of phenolic OH excluding ortho intramolecular Hbond substituents is 2. The molecule has 2 amide bonds. The van der Waals surface area contributed by atoms with E-state index in [-0.39, 0.29) is 48.5 Å². The molecule has 11 nitrogen and oxygen atoms in total. The summed E-state index contributed by atoms with van der Waals surface area (Å²) in [4.78, 5) is 41.9. The predicted molar refractivity (Wildman–Crippen MR) is 158 cm³/mol. The van der Waals surface area contributed by atoms with E-state index in [0.717, 1.165) is 11.1 Å². The van der Waals surface area contributed by atoms with E-state index >= 15 is 0 Å². The molecule has 41 heavy (non-hydrogen) atoms. The van der Waals surface area contributed by atoms with E-state index in [9.17, 15) is 24.6 Å². The van der Waals surface area contributed by atoms with Crippen molar-refractivity contribution in [1.82, 2.24) is 15.5 Å². The number of Topliss-reactive ketones (excluding diaryl/α,β-unsaturated/α-hetero) is 1. The number of nitrogens with one attached hydrogen (secondary N) is 2. The Kier molecular flexibility index (Phi) is 10.9. The van der Waals surface area contributed by atoms with Crippen LogP contribution in [0.1, 0.15) is 37.8 Å². The average molecular weight is 569 g/mol. The van der Waals surface area contributed by atoms with Crippen LogP contribution in [0.2, 0.25) is 0 Å². The van der Waals surface area contributed by atoms with Crippen molar-refractivity contribution in [1.29, 1.82) is 0 Å². The number of hydrogen-bond donors (Lipinski definition) is 7. The Bertz CT molecular complexity index is 1250. The molecule has 0 spiro atoms. The van der Waals surface area contributed by atoms with Crippen molar-refractivity contribution in [2.24, 2.45) is 22.6 Å². The van der Waals surface area contributed by atoms with Crippen LogP contribution in [-0.2, 0) is 27.2 Å². The first-order valence-corrected chi connectivity index (χ1v) is 14.0. The number of carbonyl (C=O) groups excluding carboxylic acids is 3. The molecule has 3 atom stereocenters. The second kappa shape index (κ2) is 13.9. The molecule has 0 aromatic heterocycles. The Hall–Kier alpha value is -3.51. The Labute approximate surface area is 241 Å². The fourth-order valence-electron chi connectivity index (χ4n) is 4.83. The molecule has 3 rings (SSSR count). The number of fused-ring (bicyclic) bond motifs is 5. The zero-order valence-corrected chi connectivity index (χ0v) is 24.2. The third-order valence-electron chi connectivity index (χ3n) is 7.64. The molecular formula is C30H44N6O5. The minimum atomic E-state index is -1.04. The van der Waals surface area contributed by atoms with Gasteiger partial charge in [-0.15, -0.1) is 0 Å². The van der Waals surface area contributed by atoms with Crippen LogP contribution in [0.3, 0.4) is 0 Å². The number of phenols is 2. The summed E-state index contributed by atoms with van der Waals surface area (Å²) < 4.78 is 0. The topological polar surface area (TPSA) is 197 Å². The maximum Gasteiger partial charge on any atom is 0.245 e. The lowest BCUT2D eigenvalue weighted by molar-refractivity contribution is -0.141. The van der Waals surface area contributed by atoms with Gasteiger partial charge in [-0.05, 0) is 77.9 Å². The summed E-state index contributed by atoms with van der Waals surface area (Å²) in [5.74, 6) is -1.29. The smallest absolute Gasteiger partial charge is 0.245 e. The summed E-state index contributed by atoms with van der Waals surface area (Å²) in [7, 11) is 1.52. The molecule has 1 aliphatic heterocycles. The summed E-state index contributed by atoms with van der Waals surface area (Å²) in [5.41, 5.74) is 19.9. The van der Waals surface area contributed by atoms with Crippen molar-refractivity contribution in [2.75, 3.05) is 33.2 Å². The summed E-state index contributed by atoms with van der Waals surface area (Å²) >= 11 is 0. The highest BCUT2D eigenvalue weighted by atomic mass is 16.3. The van der Waals surface area contributed by atoms with Crippen molar-refractivity contribution >= 4 is 17.6 Å². The number of aromatic hydroxyl groups is 2. The van der Waals surface area contributed by atoms with Gasteiger partial charge in [-0.1, -0.05) is 26.0 Å². The number of carbonyl (C=O) groups is 3. The number of amides is 2. The first kappa shape index (κ1) is 32.0. The minimum absolute atomic E-state index is 0.00761. The van der Waals surface area contributed by atoms with Gasteiger partial charge in [0.25, 0.3) is 0 Å². The molecule has 1 heterocycles. The summed E-state index contributed by atoms with van der Waals surface area (Å²) in [6.07, 6.45) is 0.796. The number of nitrogens with zero attached hydrogens (tertiary/aromatic N) is 1. The van der Waals surface area contributed by atoms with Gasteiger partial charge in [0.05, 0.1) is 18.6 Å². The molecule has 0 aliphatic carbocycles. The molecule has 0 saturated heterocycles. The number of rotatable bonds is 9. The van der Waals surface area contributed by atoms with E-state index in [4.69, 9.17) is 17.2 Å². The van der Waals surface area contributed by atoms with Crippen LogP contribution in [0.4, 0.5) is 0 Å². The number of ketones is 1. The molecule has 2 aromatic rings. The molecule has 0 saturated carbocycles. The zero-order valence-electron chi connectivity index (χ0n) is 24.2. The lowest BCUT2D eigenvalue weighted by atomic mass is 9.93. The van der Waals surface area contributed by atoms with Crippen LogP contribution < -0.4 is 27.8 Å². The van der Waals surface area contributed by atoms with Crippen molar-refractivity contribution in [2.45, 2.75) is 57.7 Å². The van der Waals surface area contributed by atoms with Crippen LogP contribution in [0, 0.1) is 5.41 Å². The predicted octanol–water partition coefficient (Wildman–Crippen LogP) is 0.385. The molecule has 224 valence electrons. The van der Waals surface area contributed by atoms with Gasteiger partial charge >= 0.3 is 0 Å². The van der Waals surface area contributed by atoms with Gasteiger partial charge in [0, 0.05) is 26.4 Å². The Balaban J connectivity index is 2.07. The Morgan fingerprint density at radius 1 is 1.05 bits per heavy atom. The van der Waals surface area contributed by atoms with Gasteiger partial charge in [-0.25, -0.2) is 0 Å². The quantitative estimate of drug-likeness (QED) is 0.224. The number of nitrogens with two attached hydrogens (primary N) is 3. The van der Waals surface area contributed by atoms with Crippen molar-refractivity contribution in [3.05, 3.63) is 47.5 Å². The van der Waals surface area contributed by atoms with Crippen LogP contribution in [0.25, 0.3) is 11.1 Å². The fraction of sp³-hybridized carbons (Fsp3) is 0.500. The molecule has 0 fully saturated rings. The van der Waals surface area contributed by atoms with Crippen LogP contribution in [0.15, 0.2) is 36.4 Å². The molecule has 1 unspecified atom stereocenters. The fourth-order valence-corrected chi connectivity index (χ4v) is 4.83. The third-order valence-corrected chi connectivity index (χ3v) is 7.64. The largest absolute Gasteiger partial charge is 0.508 e. The molecule has 2 aromatic carbocycles. The number of hydrogen-bond acceptors (Lipinski definition) is 9. The molecular weight excluding hydrogens is 524 g/mol. The molecule has 0 radical (unpaired) electrons. The Morgan fingerprint density at radius 2 is 1.63 bits per heavy atom. The Morgan fingerprint density at radius 3 is 2.20 bits per heavy atom. The maximum atomic E-state index is 13.8. The standard InChI is InChI=1S/C30H44N6O5/c1-30(2,16-32)17-34-15-27(39)24-14-21-12-19(7-9-26(21)38)18-6-8-25(37)20(11-18)13-22(33)28(40)35-23(5-4-10-31)29(41)36(24)3/h6-9,11-12,22-24,34,37-38H,4-5,10,13-17,31-33H2,1-3H3,(H,35,40)/t22-,23-,24?/m0/s1. The average Bonchev–Trinajstić information content (AvgIpc) is 2.94. The van der Waals surface area contributed by atoms with Crippen LogP contribution in [-0.4, -0.2) is 84.1 Å². The highest BCUT2D eigenvalue weighted by molar-refractivity contribution is 5.94. The summed E-state index contributed by atoms with van der Waals surface area (Å²) in [5, 5.41) is 27.1. The van der Waals surface area contributed by atoms with Gasteiger partial charge in [-0.3, -0.25) is 14.4 Å². The van der Waals surface area contributed by atoms with Gasteiger partial charge in [0.15, 0.2) is 5.78 Å². The van der Waals surface area contributed by atoms with Crippen molar-refractivity contribution < 1.29 is 24.6 Å². The second-order valence-electron chi connectivity index (χ2n) is 11.6. The first-order valence-electron chi connectivity index (χ1n) is 14.0. The molecule has 1 aliphatic rings. The van der Waals surface area contributed by atoms with E-state index < -0.39 is 29.9 Å². The monoisotopic (exact) mass is 568 g/mol. The normalized spacial score (nSPS) is 20.2. The van der Waals surface area contributed by atoms with Gasteiger partial charge < -0.3 is 42.9 Å². The van der Waals surface area contributed by atoms with Gasteiger partial charge in [0.1, 0.15) is 17.5 Å². The highest BCUT2D eigenvalue weighted by Gasteiger charge is 2.33. The lowest BCUT2D eigenvalue weighted by Crippen LogP contribution is -2.56. The number of likely N-dealkylation sites (N-methyl/N-ethyl adjacent to an activating group) is 1. The van der Waals surface area contributed by atoms with Crippen molar-refractivity contribution in [3.8, 4) is 22.6 Å². The van der Waals surface area contributed by atoms with E-state index in [0.29, 0.717) is 37.2 Å². The van der Waals surface area contributed by atoms with Gasteiger partial charge in [-0.2, -0.15) is 0 Å². The van der Waals surface area contributed by atoms with Crippen molar-refractivity contribution in [3.63, 3.8) is 0 Å². The van der Waals surface area contributed by atoms with E-state index in [2.05, 4.69) is 10.6 Å². The van der Waals surface area contributed by atoms with E-state index in [1.165, 1.54) is 18.0 Å². The number of benzene rings is 2. The van der Waals surface area contributed by atoms with Gasteiger partial charge in [0.2, 0.25) is 11.8 Å². The van der Waals surface area contributed by atoms with E-state index in [1.54, 1.807) is 30.3 Å². The highest BCUT2D eigenvalue weighted by Crippen LogP contribution is 2.31. The third kappa shape index (κ3) is 8.26. The maximum absolute atomic E-state index is 13.8. The van der Waals surface area contributed by atoms with Crippen LogP contribution >= 0.6 is 0 Å².